The molecule has 1 atom stereocenters. The highest BCUT2D eigenvalue weighted by molar-refractivity contribution is 7.67. The average molecular weight is 330 g/mol. The molecule has 0 saturated heterocycles. The number of fused-ring (bicyclic) bond motifs is 3. The van der Waals surface area contributed by atoms with E-state index in [0.717, 1.165) is 11.1 Å². The van der Waals surface area contributed by atoms with Gasteiger partial charge in [0.15, 0.2) is 0 Å². The van der Waals surface area contributed by atoms with E-state index in [1.165, 1.54) is 0 Å². The van der Waals surface area contributed by atoms with Crippen LogP contribution in [-0.4, -0.2) is 18.2 Å². The fourth-order valence-electron chi connectivity index (χ4n) is 2.70. The van der Waals surface area contributed by atoms with Crippen LogP contribution in [0.5, 0.6) is 5.75 Å². The van der Waals surface area contributed by atoms with Crippen molar-refractivity contribution in [3.05, 3.63) is 48.5 Å². The number of benzene rings is 2. The lowest BCUT2D eigenvalue weighted by Gasteiger charge is -2.28. The van der Waals surface area contributed by atoms with Crippen LogP contribution in [0.15, 0.2) is 48.5 Å². The molecule has 1 heterocycles. The Morgan fingerprint density at radius 2 is 1.74 bits per heavy atom. The molecule has 0 saturated carbocycles. The van der Waals surface area contributed by atoms with Gasteiger partial charge in [-0.25, -0.2) is 0 Å². The van der Waals surface area contributed by atoms with Crippen molar-refractivity contribution in [2.24, 2.45) is 0 Å². The molecule has 2 aromatic rings. The Bertz CT molecular complexity index is 782. The van der Waals surface area contributed by atoms with E-state index in [-0.39, 0.29) is 24.7 Å². The number of ether oxygens (including phenoxy) is 1. The number of hydrogen-bond donors (Lipinski definition) is 0. The predicted molar refractivity (Wildman–Crippen MR) is 90.5 cm³/mol. The van der Waals surface area contributed by atoms with Gasteiger partial charge >= 0.3 is 5.97 Å². The summed E-state index contributed by atoms with van der Waals surface area (Å²) in [6.07, 6.45) is 0.0410. The van der Waals surface area contributed by atoms with Gasteiger partial charge in [0, 0.05) is 11.7 Å². The highest BCUT2D eigenvalue weighted by Gasteiger charge is 2.36. The third-order valence-corrected chi connectivity index (χ3v) is 6.10. The topological polar surface area (TPSA) is 52.6 Å². The monoisotopic (exact) mass is 330 g/mol. The molecule has 0 N–H and O–H groups in total. The Labute approximate surface area is 135 Å². The fourth-order valence-corrected chi connectivity index (χ4v) is 4.96. The predicted octanol–water partition coefficient (Wildman–Crippen LogP) is 3.99. The lowest BCUT2D eigenvalue weighted by molar-refractivity contribution is -0.146. The summed E-state index contributed by atoms with van der Waals surface area (Å²) in [5, 5.41) is 0.677. The first-order valence-electron chi connectivity index (χ1n) is 7.67. The molecule has 0 radical (unpaired) electrons. The summed E-state index contributed by atoms with van der Waals surface area (Å²) in [6, 6.07) is 15.1. The Kier molecular flexibility index (Phi) is 4.27. The molecule has 0 spiro atoms. The zero-order chi connectivity index (χ0) is 16.4. The van der Waals surface area contributed by atoms with Crippen LogP contribution in [-0.2, 0) is 14.1 Å². The van der Waals surface area contributed by atoms with E-state index >= 15 is 0 Å². The maximum Gasteiger partial charge on any atom is 0.306 e. The minimum atomic E-state index is -3.13. The molecule has 1 aliphatic heterocycles. The van der Waals surface area contributed by atoms with Crippen LogP contribution >= 0.6 is 7.37 Å². The second-order valence-corrected chi connectivity index (χ2v) is 8.25. The molecule has 1 aliphatic rings. The molecule has 0 aromatic heterocycles. The Morgan fingerprint density at radius 3 is 2.48 bits per heavy atom. The van der Waals surface area contributed by atoms with Crippen molar-refractivity contribution in [3.8, 4) is 16.9 Å². The molecule has 1 unspecified atom stereocenters. The molecule has 5 heteroatoms. The second kappa shape index (κ2) is 6.21. The summed E-state index contributed by atoms with van der Waals surface area (Å²) in [7, 11) is -3.13. The summed E-state index contributed by atoms with van der Waals surface area (Å²) in [5.74, 6) is 0.252. The van der Waals surface area contributed by atoms with Crippen molar-refractivity contribution < 1.29 is 18.6 Å². The Morgan fingerprint density at radius 1 is 1.09 bits per heavy atom. The van der Waals surface area contributed by atoms with Gasteiger partial charge in [-0.2, -0.15) is 0 Å². The van der Waals surface area contributed by atoms with Crippen molar-refractivity contribution in [2.45, 2.75) is 26.4 Å². The Hall–Kier alpha value is -2.06. The summed E-state index contributed by atoms with van der Waals surface area (Å²) < 4.78 is 24.4. The van der Waals surface area contributed by atoms with Crippen LogP contribution in [0.4, 0.5) is 0 Å². The molecule has 3 rings (SSSR count). The first-order chi connectivity index (χ1) is 11.0. The lowest BCUT2D eigenvalue weighted by Crippen LogP contribution is -2.21. The Balaban J connectivity index is 1.92. The van der Waals surface area contributed by atoms with Crippen molar-refractivity contribution in [3.63, 3.8) is 0 Å². The largest absolute Gasteiger partial charge is 0.463 e. The maximum atomic E-state index is 13.4. The van der Waals surface area contributed by atoms with Crippen LogP contribution in [0.3, 0.4) is 0 Å². The number of carbonyl (C=O) groups excluding carboxylic acids is 1. The molecular weight excluding hydrogens is 311 g/mol. The van der Waals surface area contributed by atoms with Gasteiger partial charge in [-0.05, 0) is 31.5 Å². The number of rotatable bonds is 4. The van der Waals surface area contributed by atoms with Crippen LogP contribution in [0.25, 0.3) is 11.1 Å². The van der Waals surface area contributed by atoms with Gasteiger partial charge in [0.05, 0.1) is 17.8 Å². The van der Waals surface area contributed by atoms with E-state index in [4.69, 9.17) is 9.26 Å². The highest BCUT2D eigenvalue weighted by Crippen LogP contribution is 2.54. The van der Waals surface area contributed by atoms with E-state index in [1.807, 2.05) is 48.5 Å². The maximum absolute atomic E-state index is 13.4. The first-order valence-corrected chi connectivity index (χ1v) is 9.48. The lowest BCUT2D eigenvalue weighted by atomic mass is 10.0. The van der Waals surface area contributed by atoms with Gasteiger partial charge in [-0.1, -0.05) is 36.4 Å². The van der Waals surface area contributed by atoms with E-state index in [2.05, 4.69) is 0 Å². The number of para-hydroxylation sites is 1. The summed E-state index contributed by atoms with van der Waals surface area (Å²) in [5.41, 5.74) is 1.84. The molecule has 0 fully saturated rings. The van der Waals surface area contributed by atoms with Gasteiger partial charge in [-0.3, -0.25) is 9.36 Å². The van der Waals surface area contributed by atoms with Crippen molar-refractivity contribution >= 4 is 18.6 Å². The van der Waals surface area contributed by atoms with Gasteiger partial charge in [-0.15, -0.1) is 0 Å². The zero-order valence-corrected chi connectivity index (χ0v) is 14.1. The number of esters is 1. The third-order valence-electron chi connectivity index (χ3n) is 3.67. The summed E-state index contributed by atoms with van der Waals surface area (Å²) in [4.78, 5) is 11.8. The van der Waals surface area contributed by atoms with Gasteiger partial charge in [0.1, 0.15) is 5.75 Å². The number of hydrogen-bond acceptors (Lipinski definition) is 4. The van der Waals surface area contributed by atoms with Crippen LogP contribution in [0.1, 0.15) is 20.3 Å². The molecule has 2 aromatic carbocycles. The molecule has 0 bridgehead atoms. The smallest absolute Gasteiger partial charge is 0.306 e. The molecule has 4 nitrogen and oxygen atoms in total. The van der Waals surface area contributed by atoms with Gasteiger partial charge < -0.3 is 9.26 Å². The van der Waals surface area contributed by atoms with Gasteiger partial charge in [0.2, 0.25) is 0 Å². The SMILES string of the molecule is CC(C)OC(=O)CCP1(=O)Oc2ccccc2-c2ccccc21. The summed E-state index contributed by atoms with van der Waals surface area (Å²) >= 11 is 0. The standard InChI is InChI=1S/C18H19O4P/c1-13(2)21-18(19)11-12-23(20)17-10-6-4-8-15(17)14-7-3-5-9-16(14)22-23/h3-10,13H,11-12H2,1-2H3. The first kappa shape index (κ1) is 15.8. The average Bonchev–Trinajstić information content (AvgIpc) is 2.53. The second-order valence-electron chi connectivity index (χ2n) is 5.79. The normalized spacial score (nSPS) is 18.7. The van der Waals surface area contributed by atoms with E-state index in [1.54, 1.807) is 13.8 Å². The highest BCUT2D eigenvalue weighted by atomic mass is 31.2. The van der Waals surface area contributed by atoms with E-state index in [0.29, 0.717) is 11.1 Å². The van der Waals surface area contributed by atoms with Crippen molar-refractivity contribution in [2.75, 3.05) is 6.16 Å². The van der Waals surface area contributed by atoms with Crippen molar-refractivity contribution in [1.29, 1.82) is 0 Å². The molecule has 0 amide bonds. The van der Waals surface area contributed by atoms with E-state index < -0.39 is 7.37 Å². The zero-order valence-electron chi connectivity index (χ0n) is 13.2. The molecular formula is C18H19O4P. The minimum absolute atomic E-state index is 0.0754. The molecule has 120 valence electrons. The van der Waals surface area contributed by atoms with Crippen LogP contribution in [0.2, 0.25) is 0 Å². The van der Waals surface area contributed by atoms with Crippen LogP contribution in [0, 0.1) is 0 Å². The fraction of sp³-hybridized carbons (Fsp3) is 0.278. The summed E-state index contributed by atoms with van der Waals surface area (Å²) in [6.45, 7) is 3.59. The van der Waals surface area contributed by atoms with E-state index in [9.17, 15) is 9.36 Å². The number of carbonyl (C=O) groups is 1. The third kappa shape index (κ3) is 3.18. The minimum Gasteiger partial charge on any atom is -0.463 e. The van der Waals surface area contributed by atoms with Crippen molar-refractivity contribution in [1.82, 2.24) is 0 Å². The quantitative estimate of drug-likeness (QED) is 0.628. The van der Waals surface area contributed by atoms with Gasteiger partial charge in [0.25, 0.3) is 7.37 Å². The molecule has 23 heavy (non-hydrogen) atoms. The van der Waals surface area contributed by atoms with Crippen LogP contribution < -0.4 is 9.83 Å². The molecule has 0 aliphatic carbocycles.